The van der Waals surface area contributed by atoms with E-state index in [9.17, 15) is 13.2 Å². The molecule has 0 aliphatic carbocycles. The molecule has 1 fully saturated rings. The number of likely N-dealkylation sites (tertiary alicyclic amines) is 1. The summed E-state index contributed by atoms with van der Waals surface area (Å²) in [4.78, 5) is 17.3. The topological polar surface area (TPSA) is 117 Å². The average molecular weight is 292 g/mol. The van der Waals surface area contributed by atoms with Crippen LogP contribution < -0.4 is 5.14 Å². The smallest absolute Gasteiger partial charge is 0.228 e. The van der Waals surface area contributed by atoms with Gasteiger partial charge in [0.25, 0.3) is 0 Å². The van der Waals surface area contributed by atoms with E-state index in [0.717, 1.165) is 0 Å². The second-order valence-corrected chi connectivity index (χ2v) is 6.14. The molecular weight excluding hydrogens is 280 g/mol. The maximum absolute atomic E-state index is 11.9. The zero-order chi connectivity index (χ0) is 14.8. The summed E-state index contributed by atoms with van der Waals surface area (Å²) in [7, 11) is -3.79. The molecule has 1 aromatic rings. The number of primary sulfonamides is 1. The number of pyridine rings is 1. The van der Waals surface area contributed by atoms with Crippen molar-refractivity contribution >= 4 is 21.6 Å². The summed E-state index contributed by atoms with van der Waals surface area (Å²) < 4.78 is 22.7. The highest BCUT2D eigenvalue weighted by atomic mass is 32.2. The van der Waals surface area contributed by atoms with Gasteiger partial charge in [0.2, 0.25) is 15.9 Å². The Bertz CT molecular complexity index is 691. The molecule has 1 unspecified atom stereocenters. The van der Waals surface area contributed by atoms with Gasteiger partial charge in [-0.15, -0.1) is 0 Å². The maximum Gasteiger partial charge on any atom is 0.228 e. The van der Waals surface area contributed by atoms with Gasteiger partial charge < -0.3 is 4.90 Å². The predicted molar refractivity (Wildman–Crippen MR) is 71.1 cm³/mol. The number of nitrogens with two attached hydrogens (primary N) is 1. The molecule has 0 aromatic carbocycles. The van der Waals surface area contributed by atoms with Crippen LogP contribution in [-0.4, -0.2) is 36.0 Å². The molecule has 7 nitrogen and oxygen atoms in total. The molecule has 2 N–H and O–H groups in total. The van der Waals surface area contributed by atoms with E-state index in [1.807, 2.05) is 6.07 Å². The maximum atomic E-state index is 11.9. The first-order valence-electron chi connectivity index (χ1n) is 5.76. The van der Waals surface area contributed by atoms with Crippen molar-refractivity contribution < 1.29 is 13.2 Å². The number of rotatable bonds is 3. The van der Waals surface area contributed by atoms with Crippen molar-refractivity contribution in [2.45, 2.75) is 11.7 Å². The van der Waals surface area contributed by atoms with Crippen molar-refractivity contribution in [3.05, 3.63) is 36.2 Å². The predicted octanol–water partition coefficient (Wildman–Crippen LogP) is -0.165. The highest BCUT2D eigenvalue weighted by molar-refractivity contribution is 7.89. The molecule has 2 heterocycles. The van der Waals surface area contributed by atoms with Crippen molar-refractivity contribution in [1.82, 2.24) is 9.88 Å². The third-order valence-corrected chi connectivity index (χ3v) is 4.22. The standard InChI is InChI=1S/C12H12N4O3S/c13-5-4-11(10-3-1-2-6-15-10)16-8-9(7-12(16)17)20(14,18)19/h1-4,6,9H,7-8H2,(H2,14,18,19). The average Bonchev–Trinajstić information content (AvgIpc) is 2.79. The molecule has 0 spiro atoms. The third kappa shape index (κ3) is 2.84. The number of nitrogens with zero attached hydrogens (tertiary/aromatic N) is 3. The normalized spacial score (nSPS) is 20.0. The van der Waals surface area contributed by atoms with Crippen LogP contribution in [0, 0.1) is 11.3 Å². The number of sulfonamides is 1. The molecule has 104 valence electrons. The number of carbonyl (C=O) groups excluding carboxylic acids is 1. The van der Waals surface area contributed by atoms with Gasteiger partial charge >= 0.3 is 0 Å². The van der Waals surface area contributed by atoms with Gasteiger partial charge in [-0.2, -0.15) is 5.26 Å². The molecule has 8 heteroatoms. The van der Waals surface area contributed by atoms with Gasteiger partial charge in [0.15, 0.2) is 0 Å². The van der Waals surface area contributed by atoms with E-state index in [4.69, 9.17) is 10.4 Å². The molecule has 0 radical (unpaired) electrons. The molecule has 0 saturated carbocycles. The number of hydrogen-bond acceptors (Lipinski definition) is 5. The summed E-state index contributed by atoms with van der Waals surface area (Å²) in [5, 5.41) is 12.9. The second kappa shape index (κ2) is 5.40. The Kier molecular flexibility index (Phi) is 3.83. The van der Waals surface area contributed by atoms with Gasteiger partial charge in [0, 0.05) is 25.2 Å². The molecule has 1 aromatic heterocycles. The monoisotopic (exact) mass is 292 g/mol. The van der Waals surface area contributed by atoms with Crippen LogP contribution in [0.3, 0.4) is 0 Å². The molecule has 0 bridgehead atoms. The Morgan fingerprint density at radius 3 is 2.80 bits per heavy atom. The first-order valence-corrected chi connectivity index (χ1v) is 7.37. The van der Waals surface area contributed by atoms with Crippen molar-refractivity contribution in [3.8, 4) is 6.07 Å². The van der Waals surface area contributed by atoms with Gasteiger partial charge in [-0.05, 0) is 12.1 Å². The fourth-order valence-electron chi connectivity index (χ4n) is 1.99. The summed E-state index contributed by atoms with van der Waals surface area (Å²) in [5.74, 6) is -0.392. The van der Waals surface area contributed by atoms with Crippen molar-refractivity contribution in [1.29, 1.82) is 5.26 Å². The summed E-state index contributed by atoms with van der Waals surface area (Å²) in [5.41, 5.74) is 0.710. The lowest BCUT2D eigenvalue weighted by Crippen LogP contribution is -2.31. The molecule has 1 amide bonds. The fourth-order valence-corrected chi connectivity index (χ4v) is 2.72. The number of allylic oxidation sites excluding steroid dienone is 1. The summed E-state index contributed by atoms with van der Waals surface area (Å²) >= 11 is 0. The van der Waals surface area contributed by atoms with Crippen LogP contribution in [0.1, 0.15) is 12.1 Å². The van der Waals surface area contributed by atoms with E-state index < -0.39 is 21.2 Å². The lowest BCUT2D eigenvalue weighted by atomic mass is 10.2. The molecule has 1 atom stereocenters. The van der Waals surface area contributed by atoms with Gasteiger partial charge in [0.05, 0.1) is 17.5 Å². The van der Waals surface area contributed by atoms with Gasteiger partial charge in [-0.3, -0.25) is 9.78 Å². The van der Waals surface area contributed by atoms with Crippen molar-refractivity contribution in [2.24, 2.45) is 5.14 Å². The minimum Gasteiger partial charge on any atom is -0.308 e. The van der Waals surface area contributed by atoms with Crippen molar-refractivity contribution in [2.75, 3.05) is 6.54 Å². The molecule has 1 aliphatic heterocycles. The van der Waals surface area contributed by atoms with Crippen LogP contribution in [0.25, 0.3) is 5.70 Å². The minimum atomic E-state index is -3.79. The van der Waals surface area contributed by atoms with E-state index >= 15 is 0 Å². The van der Waals surface area contributed by atoms with Crippen molar-refractivity contribution in [3.63, 3.8) is 0 Å². The first kappa shape index (κ1) is 14.2. The minimum absolute atomic E-state index is 0.0677. The van der Waals surface area contributed by atoms with Crippen LogP contribution in [0.4, 0.5) is 0 Å². The fraction of sp³-hybridized carbons (Fsp3) is 0.250. The Morgan fingerprint density at radius 2 is 2.30 bits per heavy atom. The summed E-state index contributed by atoms with van der Waals surface area (Å²) in [6, 6.07) is 6.89. The Balaban J connectivity index is 2.36. The molecule has 20 heavy (non-hydrogen) atoms. The van der Waals surface area contributed by atoms with E-state index in [-0.39, 0.29) is 18.7 Å². The lowest BCUT2D eigenvalue weighted by molar-refractivity contribution is -0.124. The number of carbonyl (C=O) groups is 1. The Morgan fingerprint density at radius 1 is 1.55 bits per heavy atom. The van der Waals surface area contributed by atoms with Crippen LogP contribution in [0.5, 0.6) is 0 Å². The molecular formula is C12H12N4O3S. The first-order chi connectivity index (χ1) is 9.43. The molecule has 1 saturated heterocycles. The van der Waals surface area contributed by atoms with E-state index in [1.165, 1.54) is 17.2 Å². The zero-order valence-electron chi connectivity index (χ0n) is 10.4. The summed E-state index contributed by atoms with van der Waals surface area (Å²) in [6.07, 6.45) is 2.51. The van der Waals surface area contributed by atoms with Crippen LogP contribution in [-0.2, 0) is 14.8 Å². The van der Waals surface area contributed by atoms with Crippen LogP contribution >= 0.6 is 0 Å². The quantitative estimate of drug-likeness (QED) is 0.776. The molecule has 1 aliphatic rings. The second-order valence-electron chi connectivity index (χ2n) is 4.29. The van der Waals surface area contributed by atoms with Gasteiger partial charge in [-0.1, -0.05) is 6.07 Å². The number of hydrogen-bond donors (Lipinski definition) is 1. The van der Waals surface area contributed by atoms with E-state index in [0.29, 0.717) is 5.69 Å². The largest absolute Gasteiger partial charge is 0.308 e. The Hall–Kier alpha value is -2.24. The summed E-state index contributed by atoms with van der Waals surface area (Å²) in [6.45, 7) is -0.0677. The van der Waals surface area contributed by atoms with Crippen LogP contribution in [0.2, 0.25) is 0 Å². The van der Waals surface area contributed by atoms with Gasteiger partial charge in [0.1, 0.15) is 5.25 Å². The Labute approximate surface area is 116 Å². The number of aromatic nitrogens is 1. The third-order valence-electron chi connectivity index (χ3n) is 2.97. The zero-order valence-corrected chi connectivity index (χ0v) is 11.2. The highest BCUT2D eigenvalue weighted by Crippen LogP contribution is 2.26. The highest BCUT2D eigenvalue weighted by Gasteiger charge is 2.38. The lowest BCUT2D eigenvalue weighted by Gasteiger charge is -2.18. The molecule has 2 rings (SSSR count). The van der Waals surface area contributed by atoms with Gasteiger partial charge in [-0.25, -0.2) is 13.6 Å². The van der Waals surface area contributed by atoms with E-state index in [1.54, 1.807) is 18.2 Å². The number of amides is 1. The van der Waals surface area contributed by atoms with E-state index in [2.05, 4.69) is 4.98 Å². The SMILES string of the molecule is N#CC=C(c1ccccn1)N1CC(S(N)(=O)=O)CC1=O. The van der Waals surface area contributed by atoms with Crippen LogP contribution in [0.15, 0.2) is 30.5 Å². The number of nitriles is 1.